The lowest BCUT2D eigenvalue weighted by Gasteiger charge is -2.43. The maximum absolute atomic E-state index is 11.3. The average molecular weight is 456 g/mol. The minimum Gasteiger partial charge on any atom is -0.481 e. The van der Waals surface area contributed by atoms with E-state index in [1.807, 2.05) is 6.92 Å². The predicted molar refractivity (Wildman–Crippen MR) is 128 cm³/mol. The number of hydrogen-bond acceptors (Lipinski definition) is 7. The molecule has 0 aliphatic carbocycles. The SMILES string of the molecule is CCC.Cc1ncc(C(CC(=O)O)N2CC(COCCc3ccc4c(n3)NCCC4)C2)cn1. The molecule has 1 atom stereocenters. The quantitative estimate of drug-likeness (QED) is 0.553. The first-order valence-electron chi connectivity index (χ1n) is 12.0. The molecule has 2 aliphatic heterocycles. The molecule has 4 rings (SSSR count). The zero-order valence-electron chi connectivity index (χ0n) is 20.1. The highest BCUT2D eigenvalue weighted by molar-refractivity contribution is 5.67. The number of rotatable bonds is 9. The van der Waals surface area contributed by atoms with Crippen molar-refractivity contribution in [2.24, 2.45) is 5.92 Å². The number of likely N-dealkylation sites (tertiary alicyclic amines) is 1. The fraction of sp³-hybridized carbons (Fsp3) is 0.600. The summed E-state index contributed by atoms with van der Waals surface area (Å²) in [6.07, 6.45) is 7.84. The zero-order valence-corrected chi connectivity index (χ0v) is 20.1. The third-order valence-electron chi connectivity index (χ3n) is 5.79. The van der Waals surface area contributed by atoms with E-state index >= 15 is 0 Å². The summed E-state index contributed by atoms with van der Waals surface area (Å²) >= 11 is 0. The fourth-order valence-corrected chi connectivity index (χ4v) is 4.10. The van der Waals surface area contributed by atoms with Gasteiger partial charge in [-0.25, -0.2) is 15.0 Å². The Balaban J connectivity index is 0.000000968. The first-order valence-corrected chi connectivity index (χ1v) is 12.0. The Morgan fingerprint density at radius 3 is 2.70 bits per heavy atom. The Morgan fingerprint density at radius 2 is 2.00 bits per heavy atom. The van der Waals surface area contributed by atoms with Crippen molar-refractivity contribution in [3.05, 3.63) is 47.2 Å². The number of pyridine rings is 1. The third-order valence-corrected chi connectivity index (χ3v) is 5.79. The molecule has 0 spiro atoms. The molecule has 2 aliphatic rings. The van der Waals surface area contributed by atoms with Crippen molar-refractivity contribution in [3.63, 3.8) is 0 Å². The maximum atomic E-state index is 11.3. The van der Waals surface area contributed by atoms with Gasteiger partial charge in [0.25, 0.3) is 0 Å². The molecule has 0 amide bonds. The molecule has 2 N–H and O–H groups in total. The second-order valence-electron chi connectivity index (χ2n) is 8.87. The van der Waals surface area contributed by atoms with E-state index < -0.39 is 5.97 Å². The number of hydrogen-bond donors (Lipinski definition) is 2. The van der Waals surface area contributed by atoms with Gasteiger partial charge >= 0.3 is 5.97 Å². The van der Waals surface area contributed by atoms with Crippen LogP contribution in [-0.4, -0.2) is 63.8 Å². The van der Waals surface area contributed by atoms with Gasteiger partial charge in [-0.05, 0) is 31.4 Å². The van der Waals surface area contributed by atoms with Crippen molar-refractivity contribution in [1.29, 1.82) is 0 Å². The van der Waals surface area contributed by atoms with Crippen molar-refractivity contribution >= 4 is 11.8 Å². The largest absolute Gasteiger partial charge is 0.481 e. The first kappa shape index (κ1) is 25.1. The first-order chi connectivity index (χ1) is 16.0. The van der Waals surface area contributed by atoms with E-state index in [0.717, 1.165) is 49.6 Å². The minimum atomic E-state index is -0.813. The second kappa shape index (κ2) is 12.6. The number of ether oxygens (including phenoxy) is 1. The van der Waals surface area contributed by atoms with E-state index in [2.05, 4.69) is 46.2 Å². The van der Waals surface area contributed by atoms with Crippen LogP contribution in [0.1, 0.15) is 61.8 Å². The van der Waals surface area contributed by atoms with E-state index in [1.165, 1.54) is 18.4 Å². The highest BCUT2D eigenvalue weighted by Gasteiger charge is 2.34. The van der Waals surface area contributed by atoms with Gasteiger partial charge in [-0.3, -0.25) is 9.69 Å². The van der Waals surface area contributed by atoms with E-state index in [9.17, 15) is 9.90 Å². The monoisotopic (exact) mass is 455 g/mol. The van der Waals surface area contributed by atoms with Gasteiger partial charge in [-0.1, -0.05) is 26.3 Å². The van der Waals surface area contributed by atoms with Crippen LogP contribution in [0.3, 0.4) is 0 Å². The fourth-order valence-electron chi connectivity index (χ4n) is 4.10. The molecule has 4 heterocycles. The van der Waals surface area contributed by atoms with Gasteiger partial charge in [-0.2, -0.15) is 0 Å². The highest BCUT2D eigenvalue weighted by Crippen LogP contribution is 2.31. The molecule has 8 nitrogen and oxygen atoms in total. The van der Waals surface area contributed by atoms with E-state index in [1.54, 1.807) is 12.4 Å². The lowest BCUT2D eigenvalue weighted by molar-refractivity contribution is -0.139. The van der Waals surface area contributed by atoms with Crippen molar-refractivity contribution in [2.45, 2.75) is 58.9 Å². The smallest absolute Gasteiger partial charge is 0.305 e. The molecule has 0 radical (unpaired) electrons. The van der Waals surface area contributed by atoms with Crippen LogP contribution >= 0.6 is 0 Å². The summed E-state index contributed by atoms with van der Waals surface area (Å²) in [5.74, 6) is 1.32. The zero-order chi connectivity index (χ0) is 23.6. The van der Waals surface area contributed by atoms with Crippen molar-refractivity contribution in [1.82, 2.24) is 19.9 Å². The number of fused-ring (bicyclic) bond motifs is 1. The molecule has 0 bridgehead atoms. The summed E-state index contributed by atoms with van der Waals surface area (Å²) in [6, 6.07) is 4.08. The van der Waals surface area contributed by atoms with Crippen molar-refractivity contribution < 1.29 is 14.6 Å². The lowest BCUT2D eigenvalue weighted by atomic mass is 9.94. The molecule has 1 unspecified atom stereocenters. The Hall–Kier alpha value is -2.58. The topological polar surface area (TPSA) is 100 Å². The molecular formula is C25H37N5O3. The van der Waals surface area contributed by atoms with Gasteiger partial charge < -0.3 is 15.2 Å². The lowest BCUT2D eigenvalue weighted by Crippen LogP contribution is -2.50. The van der Waals surface area contributed by atoms with Crippen LogP contribution in [0, 0.1) is 12.8 Å². The minimum absolute atomic E-state index is 0.0536. The van der Waals surface area contributed by atoms with Crippen LogP contribution in [0.5, 0.6) is 0 Å². The number of aliphatic carboxylic acids is 1. The number of nitrogens with zero attached hydrogens (tertiary/aromatic N) is 4. The van der Waals surface area contributed by atoms with Gasteiger partial charge in [0.05, 0.1) is 19.6 Å². The van der Waals surface area contributed by atoms with Crippen LogP contribution in [0.15, 0.2) is 24.5 Å². The molecule has 2 aromatic heterocycles. The number of carbonyl (C=O) groups is 1. The molecule has 8 heteroatoms. The highest BCUT2D eigenvalue weighted by atomic mass is 16.5. The number of carboxylic acids is 1. The molecule has 1 fully saturated rings. The summed E-state index contributed by atoms with van der Waals surface area (Å²) in [5.41, 5.74) is 3.21. The molecule has 33 heavy (non-hydrogen) atoms. The Kier molecular flexibility index (Phi) is 9.57. The second-order valence-corrected chi connectivity index (χ2v) is 8.87. The number of nitrogens with one attached hydrogen (secondary N) is 1. The summed E-state index contributed by atoms with van der Waals surface area (Å²) in [6.45, 7) is 10.1. The van der Waals surface area contributed by atoms with E-state index in [-0.39, 0.29) is 12.5 Å². The standard InChI is InChI=1S/C22H29N5O3.C3H8/c1-15-24-10-18(11-25-15)20(9-21(28)29)27-12-16(13-27)14-30-8-6-19-5-4-17-3-2-7-23-22(17)26-19;1-3-2/h4-5,10-11,16,20H,2-3,6-9,12-14H2,1H3,(H,23,26)(H,28,29);3H2,1-2H3. The molecule has 180 valence electrons. The maximum Gasteiger partial charge on any atom is 0.305 e. The van der Waals surface area contributed by atoms with Crippen LogP contribution in [0.4, 0.5) is 5.82 Å². The van der Waals surface area contributed by atoms with Gasteiger partial charge in [0.2, 0.25) is 0 Å². The van der Waals surface area contributed by atoms with Crippen LogP contribution < -0.4 is 5.32 Å². The van der Waals surface area contributed by atoms with E-state index in [4.69, 9.17) is 9.72 Å². The molecule has 1 saturated heterocycles. The number of anilines is 1. The Labute approximate surface area is 196 Å². The van der Waals surface area contributed by atoms with Crippen molar-refractivity contribution in [2.75, 3.05) is 38.2 Å². The summed E-state index contributed by atoms with van der Waals surface area (Å²) in [7, 11) is 0. The van der Waals surface area contributed by atoms with Gasteiger partial charge in [0, 0.05) is 61.7 Å². The number of carboxylic acid groups (broad SMARTS) is 1. The van der Waals surface area contributed by atoms with Gasteiger partial charge in [0.1, 0.15) is 11.6 Å². The molecule has 2 aromatic rings. The summed E-state index contributed by atoms with van der Waals surface area (Å²) in [5, 5.41) is 12.7. The predicted octanol–water partition coefficient (Wildman–Crippen LogP) is 3.66. The molecule has 0 saturated carbocycles. The van der Waals surface area contributed by atoms with Crippen LogP contribution in [0.2, 0.25) is 0 Å². The van der Waals surface area contributed by atoms with Gasteiger partial charge in [0.15, 0.2) is 0 Å². The van der Waals surface area contributed by atoms with Crippen LogP contribution in [0.25, 0.3) is 0 Å². The Morgan fingerprint density at radius 1 is 1.27 bits per heavy atom. The number of aryl methyl sites for hydroxylation is 2. The molecule has 0 aromatic carbocycles. The third kappa shape index (κ3) is 7.47. The van der Waals surface area contributed by atoms with E-state index in [0.29, 0.717) is 25.0 Å². The Bertz CT molecular complexity index is 884. The van der Waals surface area contributed by atoms with Gasteiger partial charge in [-0.15, -0.1) is 0 Å². The normalized spacial score (nSPS) is 16.6. The molecular weight excluding hydrogens is 418 g/mol. The average Bonchev–Trinajstić information content (AvgIpc) is 2.77. The van der Waals surface area contributed by atoms with Crippen molar-refractivity contribution in [3.8, 4) is 0 Å². The van der Waals surface area contributed by atoms with Crippen LogP contribution in [-0.2, 0) is 22.4 Å². The summed E-state index contributed by atoms with van der Waals surface area (Å²) < 4.78 is 5.89. The number of aromatic nitrogens is 3. The summed E-state index contributed by atoms with van der Waals surface area (Å²) in [4.78, 5) is 26.6.